The molecule has 2 N–H and O–H groups in total. The van der Waals surface area contributed by atoms with Gasteiger partial charge in [-0.05, 0) is 70.8 Å². The number of amides is 1. The van der Waals surface area contributed by atoms with Crippen LogP contribution < -0.4 is 10.6 Å². The fourth-order valence-corrected chi connectivity index (χ4v) is 4.10. The lowest BCUT2D eigenvalue weighted by Crippen LogP contribution is -2.46. The van der Waals surface area contributed by atoms with Crippen LogP contribution in [0.25, 0.3) is 0 Å². The first-order valence-corrected chi connectivity index (χ1v) is 10.0. The Balaban J connectivity index is 1.72. The summed E-state index contributed by atoms with van der Waals surface area (Å²) in [6, 6.07) is 0.549. The highest BCUT2D eigenvalue weighted by Crippen LogP contribution is 2.29. The molecule has 0 heterocycles. The predicted molar refractivity (Wildman–Crippen MR) is 99.1 cm³/mol. The van der Waals surface area contributed by atoms with Crippen molar-refractivity contribution in [2.24, 2.45) is 17.8 Å². The molecule has 1 amide bonds. The molecule has 2 aliphatic rings. The quantitative estimate of drug-likeness (QED) is 0.777. The molecule has 2 saturated carbocycles. The van der Waals surface area contributed by atoms with Crippen molar-refractivity contribution in [3.8, 4) is 0 Å². The Morgan fingerprint density at radius 1 is 1.00 bits per heavy atom. The zero-order valence-electron chi connectivity index (χ0n) is 16.2. The lowest BCUT2D eigenvalue weighted by Gasteiger charge is -2.35. The summed E-state index contributed by atoms with van der Waals surface area (Å²) in [5, 5.41) is 6.82. The minimum Gasteiger partial charge on any atom is -0.444 e. The van der Waals surface area contributed by atoms with Crippen LogP contribution in [0.3, 0.4) is 0 Å². The Hall–Kier alpha value is -0.770. The van der Waals surface area contributed by atoms with Crippen LogP contribution in [0.2, 0.25) is 0 Å². The van der Waals surface area contributed by atoms with Gasteiger partial charge in [0.15, 0.2) is 0 Å². The van der Waals surface area contributed by atoms with Crippen molar-refractivity contribution in [3.63, 3.8) is 0 Å². The first-order chi connectivity index (χ1) is 11.3. The molecule has 2 aliphatic carbocycles. The molecular weight excluding hydrogens is 300 g/mol. The molecule has 0 aromatic heterocycles. The molecule has 0 aromatic carbocycles. The highest BCUT2D eigenvalue weighted by Gasteiger charge is 2.27. The Morgan fingerprint density at radius 3 is 2.33 bits per heavy atom. The molecule has 0 radical (unpaired) electrons. The molecule has 4 heteroatoms. The number of alkyl carbamates (subject to hydrolysis) is 1. The molecule has 4 nitrogen and oxygen atoms in total. The Morgan fingerprint density at radius 2 is 1.67 bits per heavy atom. The lowest BCUT2D eigenvalue weighted by atomic mass is 9.81. The van der Waals surface area contributed by atoms with E-state index in [1.54, 1.807) is 0 Å². The summed E-state index contributed by atoms with van der Waals surface area (Å²) in [5.41, 5.74) is -0.424. The van der Waals surface area contributed by atoms with Crippen molar-refractivity contribution >= 4 is 6.09 Å². The van der Waals surface area contributed by atoms with Gasteiger partial charge in [-0.1, -0.05) is 32.6 Å². The second kappa shape index (κ2) is 9.07. The highest BCUT2D eigenvalue weighted by atomic mass is 16.6. The van der Waals surface area contributed by atoms with E-state index >= 15 is 0 Å². The molecule has 2 rings (SSSR count). The second-order valence-corrected chi connectivity index (χ2v) is 9.07. The molecule has 24 heavy (non-hydrogen) atoms. The minimum absolute atomic E-state index is 0.284. The van der Waals surface area contributed by atoms with E-state index in [1.807, 2.05) is 20.8 Å². The number of carbonyl (C=O) groups excluding carboxylic acids is 1. The van der Waals surface area contributed by atoms with E-state index < -0.39 is 5.60 Å². The van der Waals surface area contributed by atoms with Crippen molar-refractivity contribution in [1.82, 2.24) is 10.6 Å². The number of rotatable bonds is 5. The van der Waals surface area contributed by atoms with Gasteiger partial charge in [0.2, 0.25) is 0 Å². The highest BCUT2D eigenvalue weighted by molar-refractivity contribution is 5.67. The number of hydrogen-bond acceptors (Lipinski definition) is 3. The van der Waals surface area contributed by atoms with E-state index in [4.69, 9.17) is 4.74 Å². The van der Waals surface area contributed by atoms with Crippen molar-refractivity contribution < 1.29 is 9.53 Å². The lowest BCUT2D eigenvalue weighted by molar-refractivity contribution is 0.0510. The third-order valence-corrected chi connectivity index (χ3v) is 5.62. The Kier molecular flexibility index (Phi) is 7.39. The Labute approximate surface area is 148 Å². The zero-order chi connectivity index (χ0) is 17.6. The van der Waals surface area contributed by atoms with E-state index in [0.717, 1.165) is 24.9 Å². The summed E-state index contributed by atoms with van der Waals surface area (Å²) >= 11 is 0. The summed E-state index contributed by atoms with van der Waals surface area (Å²) in [6.07, 6.45) is 10.3. The fraction of sp³-hybridized carbons (Fsp3) is 0.950. The minimum atomic E-state index is -0.424. The number of carbonyl (C=O) groups is 1. The molecule has 140 valence electrons. The first kappa shape index (κ1) is 19.6. The van der Waals surface area contributed by atoms with Gasteiger partial charge in [0.25, 0.3) is 0 Å². The summed E-state index contributed by atoms with van der Waals surface area (Å²) in [4.78, 5) is 11.9. The molecule has 0 aromatic rings. The second-order valence-electron chi connectivity index (χ2n) is 9.07. The van der Waals surface area contributed by atoms with Crippen molar-refractivity contribution in [1.29, 1.82) is 0 Å². The monoisotopic (exact) mass is 338 g/mol. The topological polar surface area (TPSA) is 50.4 Å². The maximum atomic E-state index is 11.9. The van der Waals surface area contributed by atoms with Crippen LogP contribution in [-0.4, -0.2) is 30.8 Å². The van der Waals surface area contributed by atoms with Crippen LogP contribution in [0.15, 0.2) is 0 Å². The average Bonchev–Trinajstić information content (AvgIpc) is 2.51. The molecule has 2 atom stereocenters. The SMILES string of the molecule is CC1CCC(CNC2CCCCC2CNC(=O)OC(C)(C)C)CC1. The largest absolute Gasteiger partial charge is 0.444 e. The molecular formula is C20H38N2O2. The van der Waals surface area contributed by atoms with Crippen molar-refractivity contribution in [2.75, 3.05) is 13.1 Å². The van der Waals surface area contributed by atoms with Crippen molar-refractivity contribution in [3.05, 3.63) is 0 Å². The number of nitrogens with one attached hydrogen (secondary N) is 2. The van der Waals surface area contributed by atoms with Crippen LogP contribution in [-0.2, 0) is 4.74 Å². The van der Waals surface area contributed by atoms with E-state index in [9.17, 15) is 4.79 Å². The van der Waals surface area contributed by atoms with Gasteiger partial charge in [0.05, 0.1) is 0 Å². The van der Waals surface area contributed by atoms with Crippen LogP contribution in [0.5, 0.6) is 0 Å². The van der Waals surface area contributed by atoms with Gasteiger partial charge in [0.1, 0.15) is 5.60 Å². The van der Waals surface area contributed by atoms with Gasteiger partial charge in [-0.3, -0.25) is 0 Å². The van der Waals surface area contributed by atoms with E-state index in [-0.39, 0.29) is 6.09 Å². The normalized spacial score (nSPS) is 31.5. The summed E-state index contributed by atoms with van der Waals surface area (Å²) in [5.74, 6) is 2.30. The molecule has 2 unspecified atom stereocenters. The smallest absolute Gasteiger partial charge is 0.407 e. The third-order valence-electron chi connectivity index (χ3n) is 5.62. The molecule has 0 aliphatic heterocycles. The van der Waals surface area contributed by atoms with Gasteiger partial charge in [-0.25, -0.2) is 4.79 Å². The van der Waals surface area contributed by atoms with E-state index in [2.05, 4.69) is 17.6 Å². The summed E-state index contributed by atoms with van der Waals surface area (Å²) in [6.45, 7) is 9.98. The fourth-order valence-electron chi connectivity index (χ4n) is 4.10. The van der Waals surface area contributed by atoms with Gasteiger partial charge in [-0.2, -0.15) is 0 Å². The summed E-state index contributed by atoms with van der Waals surface area (Å²) in [7, 11) is 0. The number of ether oxygens (including phenoxy) is 1. The van der Waals surface area contributed by atoms with E-state index in [0.29, 0.717) is 12.0 Å². The molecule has 0 bridgehead atoms. The van der Waals surface area contributed by atoms with Gasteiger partial charge < -0.3 is 15.4 Å². The average molecular weight is 339 g/mol. The van der Waals surface area contributed by atoms with Crippen LogP contribution in [0.1, 0.15) is 79.1 Å². The number of hydrogen-bond donors (Lipinski definition) is 2. The summed E-state index contributed by atoms with van der Waals surface area (Å²) < 4.78 is 5.36. The van der Waals surface area contributed by atoms with Gasteiger partial charge >= 0.3 is 6.09 Å². The first-order valence-electron chi connectivity index (χ1n) is 10.0. The van der Waals surface area contributed by atoms with Gasteiger partial charge in [-0.15, -0.1) is 0 Å². The molecule has 0 saturated heterocycles. The van der Waals surface area contributed by atoms with Crippen molar-refractivity contribution in [2.45, 2.75) is 90.7 Å². The van der Waals surface area contributed by atoms with Crippen LogP contribution in [0.4, 0.5) is 4.79 Å². The maximum absolute atomic E-state index is 11.9. The standard InChI is InChI=1S/C20H38N2O2/c1-15-9-11-16(12-10-15)13-21-18-8-6-5-7-17(18)14-22-19(23)24-20(2,3)4/h15-18,21H,5-14H2,1-4H3,(H,22,23). The maximum Gasteiger partial charge on any atom is 0.407 e. The Bertz CT molecular complexity index is 384. The zero-order valence-corrected chi connectivity index (χ0v) is 16.2. The molecule has 0 spiro atoms. The predicted octanol–water partition coefficient (Wildman–Crippen LogP) is 4.49. The van der Waals surface area contributed by atoms with Gasteiger partial charge in [0, 0.05) is 12.6 Å². The third kappa shape index (κ3) is 7.00. The van der Waals surface area contributed by atoms with Crippen LogP contribution in [0, 0.1) is 17.8 Å². The van der Waals surface area contributed by atoms with Crippen LogP contribution >= 0.6 is 0 Å². The van der Waals surface area contributed by atoms with E-state index in [1.165, 1.54) is 51.4 Å². The molecule has 2 fully saturated rings.